The Bertz CT molecular complexity index is 518. The molecule has 0 atom stereocenters. The fourth-order valence-corrected chi connectivity index (χ4v) is 2.19. The lowest BCUT2D eigenvalue weighted by atomic mass is 10.2. The molecule has 90 valence electrons. The highest BCUT2D eigenvalue weighted by Crippen LogP contribution is 2.27. The van der Waals surface area contributed by atoms with Crippen LogP contribution >= 0.6 is 31.9 Å². The van der Waals surface area contributed by atoms with Crippen LogP contribution in [0.3, 0.4) is 0 Å². The summed E-state index contributed by atoms with van der Waals surface area (Å²) in [5.41, 5.74) is 3.05. The first-order valence-electron chi connectivity index (χ1n) is 5.18. The fourth-order valence-electron chi connectivity index (χ4n) is 1.53. The van der Waals surface area contributed by atoms with E-state index >= 15 is 0 Å². The van der Waals surface area contributed by atoms with Crippen LogP contribution in [-0.4, -0.2) is 4.98 Å². The Hall–Kier alpha value is -0.810. The Morgan fingerprint density at radius 3 is 2.65 bits per heavy atom. The summed E-state index contributed by atoms with van der Waals surface area (Å²) in [7, 11) is 0. The smallest absolute Gasteiger partial charge is 0.183 e. The van der Waals surface area contributed by atoms with Crippen molar-refractivity contribution in [3.63, 3.8) is 0 Å². The van der Waals surface area contributed by atoms with Crippen LogP contribution in [0.1, 0.15) is 17.1 Å². The third-order valence-corrected chi connectivity index (χ3v) is 4.08. The van der Waals surface area contributed by atoms with Gasteiger partial charge >= 0.3 is 0 Å². The number of nitrogens with one attached hydrogen (secondary N) is 1. The van der Waals surface area contributed by atoms with E-state index in [2.05, 4.69) is 42.2 Å². The van der Waals surface area contributed by atoms with E-state index in [1.807, 2.05) is 32.0 Å². The molecule has 3 nitrogen and oxygen atoms in total. The van der Waals surface area contributed by atoms with E-state index < -0.39 is 0 Å². The molecule has 2 aromatic rings. The summed E-state index contributed by atoms with van der Waals surface area (Å²) >= 11 is 6.70. The van der Waals surface area contributed by atoms with Gasteiger partial charge in [0.05, 0.1) is 22.4 Å². The summed E-state index contributed by atoms with van der Waals surface area (Å²) in [6.45, 7) is 4.61. The minimum absolute atomic E-state index is 0.635. The highest BCUT2D eigenvalue weighted by Gasteiger charge is 2.06. The van der Waals surface area contributed by atoms with Gasteiger partial charge in [0.15, 0.2) is 4.67 Å². The molecule has 0 aliphatic rings. The molecule has 5 heteroatoms. The molecular formula is C12H12Br2N2O. The molecule has 0 saturated carbocycles. The van der Waals surface area contributed by atoms with Gasteiger partial charge in [-0.3, -0.25) is 4.98 Å². The van der Waals surface area contributed by atoms with Crippen molar-refractivity contribution < 1.29 is 4.42 Å². The summed E-state index contributed by atoms with van der Waals surface area (Å²) in [6, 6.07) is 5.96. The zero-order valence-electron chi connectivity index (χ0n) is 9.55. The molecule has 0 bridgehead atoms. The van der Waals surface area contributed by atoms with Crippen molar-refractivity contribution in [3.8, 4) is 0 Å². The number of rotatable bonds is 3. The predicted octanol–water partition coefficient (Wildman–Crippen LogP) is 4.43. The predicted molar refractivity (Wildman–Crippen MR) is 75.1 cm³/mol. The maximum atomic E-state index is 5.49. The Balaban J connectivity index is 2.07. The van der Waals surface area contributed by atoms with Crippen LogP contribution in [0.25, 0.3) is 0 Å². The quantitative estimate of drug-likeness (QED) is 0.880. The van der Waals surface area contributed by atoms with E-state index in [0.29, 0.717) is 11.2 Å². The van der Waals surface area contributed by atoms with Crippen molar-refractivity contribution in [1.29, 1.82) is 0 Å². The molecule has 0 radical (unpaired) electrons. The Morgan fingerprint density at radius 1 is 1.29 bits per heavy atom. The second-order valence-corrected chi connectivity index (χ2v) is 5.35. The normalized spacial score (nSPS) is 10.6. The highest BCUT2D eigenvalue weighted by molar-refractivity contribution is 9.13. The van der Waals surface area contributed by atoms with Crippen molar-refractivity contribution in [1.82, 2.24) is 4.98 Å². The first kappa shape index (κ1) is 12.6. The number of anilines is 1. The van der Waals surface area contributed by atoms with Gasteiger partial charge in [0.1, 0.15) is 5.76 Å². The van der Waals surface area contributed by atoms with Crippen LogP contribution in [-0.2, 0) is 6.54 Å². The number of furan rings is 1. The minimum atomic E-state index is 0.635. The van der Waals surface area contributed by atoms with E-state index in [1.165, 1.54) is 0 Å². The molecule has 0 aromatic carbocycles. The van der Waals surface area contributed by atoms with Gasteiger partial charge in [0, 0.05) is 5.69 Å². The number of aryl methyl sites for hydroxylation is 2. The molecule has 2 rings (SSSR count). The maximum absolute atomic E-state index is 5.49. The Labute approximate surface area is 117 Å². The summed E-state index contributed by atoms with van der Waals surface area (Å²) < 4.78 is 7.13. The molecule has 2 heterocycles. The molecule has 0 fully saturated rings. The molecule has 0 amide bonds. The molecule has 0 unspecified atom stereocenters. The average molecular weight is 360 g/mol. The lowest BCUT2D eigenvalue weighted by Crippen LogP contribution is -2.01. The van der Waals surface area contributed by atoms with Crippen molar-refractivity contribution in [2.75, 3.05) is 5.32 Å². The first-order chi connectivity index (χ1) is 8.06. The van der Waals surface area contributed by atoms with Crippen LogP contribution in [0.4, 0.5) is 5.69 Å². The third-order valence-electron chi connectivity index (χ3n) is 2.37. The molecule has 0 spiro atoms. The molecular weight excluding hydrogens is 348 g/mol. The maximum Gasteiger partial charge on any atom is 0.183 e. The lowest BCUT2D eigenvalue weighted by Gasteiger charge is -2.07. The number of hydrogen-bond donors (Lipinski definition) is 1. The number of pyridine rings is 1. The summed E-state index contributed by atoms with van der Waals surface area (Å²) in [5.74, 6) is 0.865. The van der Waals surface area contributed by atoms with Crippen molar-refractivity contribution in [2.45, 2.75) is 20.4 Å². The first-order valence-corrected chi connectivity index (χ1v) is 6.76. The molecule has 17 heavy (non-hydrogen) atoms. The second-order valence-electron chi connectivity index (χ2n) is 3.77. The van der Waals surface area contributed by atoms with E-state index in [4.69, 9.17) is 4.42 Å². The summed E-state index contributed by atoms with van der Waals surface area (Å²) in [5, 5.41) is 3.30. The van der Waals surface area contributed by atoms with Gasteiger partial charge in [-0.15, -0.1) is 0 Å². The number of halogens is 2. The van der Waals surface area contributed by atoms with Gasteiger partial charge in [-0.05, 0) is 63.9 Å². The van der Waals surface area contributed by atoms with Crippen LogP contribution in [0, 0.1) is 13.8 Å². The standard InChI is InChI=1S/C12H12Br2N2O/c1-7-3-4-11(8(2)16-7)15-6-9-5-10(13)12(14)17-9/h3-5,15H,6H2,1-2H3. The van der Waals surface area contributed by atoms with Crippen LogP contribution in [0.5, 0.6) is 0 Å². The second kappa shape index (κ2) is 5.23. The van der Waals surface area contributed by atoms with Crippen molar-refractivity contribution in [2.24, 2.45) is 0 Å². The topological polar surface area (TPSA) is 38.1 Å². The van der Waals surface area contributed by atoms with Gasteiger partial charge in [0.2, 0.25) is 0 Å². The molecule has 0 aliphatic carbocycles. The zero-order valence-corrected chi connectivity index (χ0v) is 12.7. The minimum Gasteiger partial charge on any atom is -0.451 e. The molecule has 2 aromatic heterocycles. The molecule has 0 aliphatic heterocycles. The van der Waals surface area contributed by atoms with E-state index in [9.17, 15) is 0 Å². The van der Waals surface area contributed by atoms with Crippen molar-refractivity contribution >= 4 is 37.5 Å². The summed E-state index contributed by atoms with van der Waals surface area (Å²) in [6.07, 6.45) is 0. The van der Waals surface area contributed by atoms with Gasteiger partial charge in [-0.2, -0.15) is 0 Å². The molecule has 0 saturated heterocycles. The third kappa shape index (κ3) is 3.10. The summed E-state index contributed by atoms with van der Waals surface area (Å²) in [4.78, 5) is 4.40. The lowest BCUT2D eigenvalue weighted by molar-refractivity contribution is 0.494. The highest BCUT2D eigenvalue weighted by atomic mass is 79.9. The van der Waals surface area contributed by atoms with E-state index in [0.717, 1.165) is 27.3 Å². The number of aromatic nitrogens is 1. The fraction of sp³-hybridized carbons (Fsp3) is 0.250. The monoisotopic (exact) mass is 358 g/mol. The Morgan fingerprint density at radius 2 is 2.06 bits per heavy atom. The Kier molecular flexibility index (Phi) is 3.89. The van der Waals surface area contributed by atoms with Gasteiger partial charge in [-0.1, -0.05) is 0 Å². The van der Waals surface area contributed by atoms with Crippen LogP contribution in [0.15, 0.2) is 31.8 Å². The van der Waals surface area contributed by atoms with Gasteiger partial charge < -0.3 is 9.73 Å². The van der Waals surface area contributed by atoms with Gasteiger partial charge in [-0.25, -0.2) is 0 Å². The van der Waals surface area contributed by atoms with Crippen molar-refractivity contribution in [3.05, 3.63) is 44.5 Å². The average Bonchev–Trinajstić information content (AvgIpc) is 2.57. The molecule has 1 N–H and O–H groups in total. The van der Waals surface area contributed by atoms with E-state index in [1.54, 1.807) is 0 Å². The SMILES string of the molecule is Cc1ccc(NCc2cc(Br)c(Br)o2)c(C)n1. The zero-order chi connectivity index (χ0) is 12.4. The van der Waals surface area contributed by atoms with E-state index in [-0.39, 0.29) is 0 Å². The number of nitrogens with zero attached hydrogens (tertiary/aromatic N) is 1. The van der Waals surface area contributed by atoms with Crippen LogP contribution in [0.2, 0.25) is 0 Å². The van der Waals surface area contributed by atoms with Crippen LogP contribution < -0.4 is 5.32 Å². The van der Waals surface area contributed by atoms with Gasteiger partial charge in [0.25, 0.3) is 0 Å². The number of hydrogen-bond acceptors (Lipinski definition) is 3. The largest absolute Gasteiger partial charge is 0.451 e.